The molecule has 26 heavy (non-hydrogen) atoms. The zero-order chi connectivity index (χ0) is 18.1. The Morgan fingerprint density at radius 3 is 2.69 bits per heavy atom. The Labute approximate surface area is 156 Å². The average molecular weight is 368 g/mol. The highest BCUT2D eigenvalue weighted by molar-refractivity contribution is 6.30. The number of aromatic hydroxyl groups is 2. The fourth-order valence-electron chi connectivity index (χ4n) is 3.19. The minimum atomic E-state index is -0.0872. The Hall–Kier alpha value is -2.63. The fraction of sp³-hybridized carbons (Fsp3) is 0.200. The van der Waals surface area contributed by atoms with Gasteiger partial charge < -0.3 is 10.2 Å². The highest BCUT2D eigenvalue weighted by atomic mass is 35.5. The van der Waals surface area contributed by atoms with Crippen molar-refractivity contribution in [3.8, 4) is 22.9 Å². The summed E-state index contributed by atoms with van der Waals surface area (Å²) in [5.41, 5.74) is 3.81. The molecule has 2 aromatic carbocycles. The number of nitrogens with zero attached hydrogens (tertiary/aromatic N) is 3. The van der Waals surface area contributed by atoms with Crippen molar-refractivity contribution in [2.45, 2.75) is 19.5 Å². The van der Waals surface area contributed by atoms with Crippen LogP contribution in [0.25, 0.3) is 11.4 Å². The lowest BCUT2D eigenvalue weighted by Gasteiger charge is -2.28. The molecule has 0 unspecified atom stereocenters. The number of phenolic OH excluding ortho intramolecular Hbond substituents is 2. The van der Waals surface area contributed by atoms with E-state index in [1.165, 1.54) is 6.07 Å². The molecule has 132 valence electrons. The molecular formula is C20H18ClN3O2. The fourth-order valence-corrected chi connectivity index (χ4v) is 3.32. The molecule has 4 rings (SSSR count). The van der Waals surface area contributed by atoms with E-state index in [-0.39, 0.29) is 11.5 Å². The van der Waals surface area contributed by atoms with E-state index >= 15 is 0 Å². The number of hydrogen-bond donors (Lipinski definition) is 2. The van der Waals surface area contributed by atoms with Crippen molar-refractivity contribution in [1.29, 1.82) is 0 Å². The second kappa shape index (κ2) is 6.94. The molecule has 3 aromatic rings. The van der Waals surface area contributed by atoms with E-state index in [0.717, 1.165) is 29.8 Å². The first-order valence-electron chi connectivity index (χ1n) is 8.43. The summed E-state index contributed by atoms with van der Waals surface area (Å²) in [4.78, 5) is 11.4. The molecule has 6 heteroatoms. The predicted octanol–water partition coefficient (Wildman–Crippen LogP) is 3.77. The minimum absolute atomic E-state index is 0.0485. The number of aromatic nitrogens is 2. The van der Waals surface area contributed by atoms with E-state index < -0.39 is 0 Å². The van der Waals surface area contributed by atoms with E-state index in [1.807, 2.05) is 36.5 Å². The number of para-hydroxylation sites is 1. The monoisotopic (exact) mass is 367 g/mol. The van der Waals surface area contributed by atoms with Crippen LogP contribution in [-0.4, -0.2) is 31.6 Å². The molecule has 1 aromatic heterocycles. The minimum Gasteiger partial charge on any atom is -0.504 e. The summed E-state index contributed by atoms with van der Waals surface area (Å²) in [6.07, 6.45) is 2.69. The maximum Gasteiger partial charge on any atom is 0.161 e. The van der Waals surface area contributed by atoms with Gasteiger partial charge in [-0.2, -0.15) is 0 Å². The van der Waals surface area contributed by atoms with Gasteiger partial charge in [0.15, 0.2) is 17.3 Å². The van der Waals surface area contributed by atoms with Gasteiger partial charge in [0.25, 0.3) is 0 Å². The summed E-state index contributed by atoms with van der Waals surface area (Å²) in [6, 6.07) is 12.6. The highest BCUT2D eigenvalue weighted by Gasteiger charge is 2.20. The van der Waals surface area contributed by atoms with Gasteiger partial charge in [0, 0.05) is 54.0 Å². The molecule has 0 radical (unpaired) electrons. The summed E-state index contributed by atoms with van der Waals surface area (Å²) >= 11 is 5.94. The van der Waals surface area contributed by atoms with Crippen LogP contribution in [0.5, 0.6) is 11.5 Å². The van der Waals surface area contributed by atoms with Crippen LogP contribution in [0.15, 0.2) is 48.7 Å². The molecule has 0 saturated heterocycles. The molecule has 0 aliphatic carbocycles. The topological polar surface area (TPSA) is 69.5 Å². The van der Waals surface area contributed by atoms with Crippen LogP contribution in [0, 0.1) is 0 Å². The quantitative estimate of drug-likeness (QED) is 0.690. The summed E-state index contributed by atoms with van der Waals surface area (Å²) in [7, 11) is 0. The van der Waals surface area contributed by atoms with E-state index in [1.54, 1.807) is 6.07 Å². The number of halogens is 1. The van der Waals surface area contributed by atoms with E-state index in [2.05, 4.69) is 9.88 Å². The Morgan fingerprint density at radius 2 is 1.88 bits per heavy atom. The SMILES string of the molecule is Oc1cccc(CN2CCc3nc(-c4ccc(Cl)cc4)ncc3C2)c1O. The molecule has 0 atom stereocenters. The third kappa shape index (κ3) is 3.36. The van der Waals surface area contributed by atoms with Gasteiger partial charge in [0.05, 0.1) is 5.69 Å². The zero-order valence-electron chi connectivity index (χ0n) is 14.1. The van der Waals surface area contributed by atoms with Crippen molar-refractivity contribution >= 4 is 11.6 Å². The van der Waals surface area contributed by atoms with Crippen LogP contribution in [0.2, 0.25) is 5.02 Å². The standard InChI is InChI=1S/C20H18ClN3O2/c21-16-6-4-13(5-7-16)20-22-10-15-12-24(9-8-17(15)23-20)11-14-2-1-3-18(25)19(14)26/h1-7,10,25-26H,8-9,11-12H2. The van der Waals surface area contributed by atoms with Crippen molar-refractivity contribution in [2.24, 2.45) is 0 Å². The van der Waals surface area contributed by atoms with Crippen LogP contribution in [-0.2, 0) is 19.5 Å². The lowest BCUT2D eigenvalue weighted by atomic mass is 10.1. The molecule has 1 aliphatic heterocycles. The number of fused-ring (bicyclic) bond motifs is 1. The van der Waals surface area contributed by atoms with Gasteiger partial charge in [-0.15, -0.1) is 0 Å². The second-order valence-corrected chi connectivity index (χ2v) is 6.85. The average Bonchev–Trinajstić information content (AvgIpc) is 2.66. The number of phenols is 2. The first-order chi connectivity index (χ1) is 12.6. The normalized spacial score (nSPS) is 14.2. The molecule has 2 heterocycles. The Bertz CT molecular complexity index is 944. The Morgan fingerprint density at radius 1 is 1.08 bits per heavy atom. The second-order valence-electron chi connectivity index (χ2n) is 6.42. The van der Waals surface area contributed by atoms with Crippen LogP contribution in [0.3, 0.4) is 0 Å². The van der Waals surface area contributed by atoms with Crippen molar-refractivity contribution in [3.05, 3.63) is 70.5 Å². The zero-order valence-corrected chi connectivity index (χ0v) is 14.8. The maximum absolute atomic E-state index is 9.99. The third-order valence-electron chi connectivity index (χ3n) is 4.61. The third-order valence-corrected chi connectivity index (χ3v) is 4.86. The van der Waals surface area contributed by atoms with Crippen LogP contribution < -0.4 is 0 Å². The Kier molecular flexibility index (Phi) is 4.49. The number of rotatable bonds is 3. The van der Waals surface area contributed by atoms with E-state index in [4.69, 9.17) is 16.6 Å². The molecule has 0 bridgehead atoms. The number of benzene rings is 2. The van der Waals surface area contributed by atoms with Gasteiger partial charge in [0.1, 0.15) is 0 Å². The molecule has 0 spiro atoms. The summed E-state index contributed by atoms with van der Waals surface area (Å²) < 4.78 is 0. The lowest BCUT2D eigenvalue weighted by Crippen LogP contribution is -2.31. The van der Waals surface area contributed by atoms with Crippen molar-refractivity contribution in [2.75, 3.05) is 6.54 Å². The van der Waals surface area contributed by atoms with Crippen molar-refractivity contribution in [3.63, 3.8) is 0 Å². The van der Waals surface area contributed by atoms with Gasteiger partial charge in [-0.1, -0.05) is 23.7 Å². The van der Waals surface area contributed by atoms with E-state index in [0.29, 0.717) is 29.5 Å². The summed E-state index contributed by atoms with van der Waals surface area (Å²) in [5, 5.41) is 20.3. The van der Waals surface area contributed by atoms with Gasteiger partial charge in [0.2, 0.25) is 0 Å². The lowest BCUT2D eigenvalue weighted by molar-refractivity contribution is 0.239. The molecular weight excluding hydrogens is 350 g/mol. The molecule has 0 saturated carbocycles. The smallest absolute Gasteiger partial charge is 0.161 e. The Balaban J connectivity index is 1.52. The van der Waals surface area contributed by atoms with Crippen molar-refractivity contribution < 1.29 is 10.2 Å². The molecule has 2 N–H and O–H groups in total. The first-order valence-corrected chi connectivity index (χ1v) is 8.81. The highest BCUT2D eigenvalue weighted by Crippen LogP contribution is 2.30. The maximum atomic E-state index is 9.99. The molecule has 0 fully saturated rings. The van der Waals surface area contributed by atoms with Crippen LogP contribution in [0.4, 0.5) is 0 Å². The van der Waals surface area contributed by atoms with E-state index in [9.17, 15) is 10.2 Å². The summed E-state index contributed by atoms with van der Waals surface area (Å²) in [5.74, 6) is 0.572. The van der Waals surface area contributed by atoms with Crippen LogP contribution in [0.1, 0.15) is 16.8 Å². The predicted molar refractivity (Wildman–Crippen MR) is 100 cm³/mol. The molecule has 5 nitrogen and oxygen atoms in total. The van der Waals surface area contributed by atoms with Crippen molar-refractivity contribution in [1.82, 2.24) is 14.9 Å². The van der Waals surface area contributed by atoms with Crippen LogP contribution >= 0.6 is 11.6 Å². The molecule has 0 amide bonds. The van der Waals surface area contributed by atoms with Gasteiger partial charge in [-0.25, -0.2) is 9.97 Å². The first kappa shape index (κ1) is 16.8. The largest absolute Gasteiger partial charge is 0.504 e. The number of hydrogen-bond acceptors (Lipinski definition) is 5. The summed E-state index contributed by atoms with van der Waals surface area (Å²) in [6.45, 7) is 2.11. The van der Waals surface area contributed by atoms with Gasteiger partial charge >= 0.3 is 0 Å². The van der Waals surface area contributed by atoms with Gasteiger partial charge in [-0.05, 0) is 30.3 Å². The van der Waals surface area contributed by atoms with Gasteiger partial charge in [-0.3, -0.25) is 4.90 Å². The molecule has 1 aliphatic rings.